The van der Waals surface area contributed by atoms with Crippen molar-refractivity contribution >= 4 is 11.8 Å². The van der Waals surface area contributed by atoms with Crippen molar-refractivity contribution in [2.24, 2.45) is 0 Å². The van der Waals surface area contributed by atoms with Crippen LogP contribution < -0.4 is 9.80 Å². The predicted molar refractivity (Wildman–Crippen MR) is 83.2 cm³/mol. The third kappa shape index (κ3) is 3.61. The summed E-state index contributed by atoms with van der Waals surface area (Å²) >= 11 is 0. The molecule has 0 unspecified atom stereocenters. The maximum atomic E-state index is 4.64. The van der Waals surface area contributed by atoms with Crippen molar-refractivity contribution < 1.29 is 0 Å². The Morgan fingerprint density at radius 3 is 2.50 bits per heavy atom. The van der Waals surface area contributed by atoms with Crippen molar-refractivity contribution in [3.8, 4) is 11.8 Å². The van der Waals surface area contributed by atoms with Gasteiger partial charge in [-0.05, 0) is 13.8 Å². The molecular formula is C15H23N5. The summed E-state index contributed by atoms with van der Waals surface area (Å²) in [7, 11) is 4.01. The van der Waals surface area contributed by atoms with Crippen molar-refractivity contribution in [3.05, 3.63) is 11.8 Å². The molecule has 20 heavy (non-hydrogen) atoms. The molecule has 1 saturated heterocycles. The lowest BCUT2D eigenvalue weighted by molar-refractivity contribution is 0.286. The van der Waals surface area contributed by atoms with Crippen LogP contribution in [0.3, 0.4) is 0 Å². The lowest BCUT2D eigenvalue weighted by Gasteiger charge is -2.34. The number of rotatable bonds is 3. The van der Waals surface area contributed by atoms with E-state index in [4.69, 9.17) is 0 Å². The highest BCUT2D eigenvalue weighted by Crippen LogP contribution is 2.17. The van der Waals surface area contributed by atoms with E-state index >= 15 is 0 Å². The van der Waals surface area contributed by atoms with E-state index in [1.807, 2.05) is 38.9 Å². The van der Waals surface area contributed by atoms with Crippen LogP contribution in [0.5, 0.6) is 0 Å². The van der Waals surface area contributed by atoms with Gasteiger partial charge in [0.2, 0.25) is 5.95 Å². The molecular weight excluding hydrogens is 250 g/mol. The van der Waals surface area contributed by atoms with Gasteiger partial charge in [-0.2, -0.15) is 4.98 Å². The molecule has 0 amide bonds. The maximum Gasteiger partial charge on any atom is 0.227 e. The Hall–Kier alpha value is -1.80. The molecule has 108 valence electrons. The van der Waals surface area contributed by atoms with Gasteiger partial charge in [0.1, 0.15) is 5.82 Å². The van der Waals surface area contributed by atoms with Gasteiger partial charge in [0.25, 0.3) is 0 Å². The van der Waals surface area contributed by atoms with E-state index in [9.17, 15) is 0 Å². The van der Waals surface area contributed by atoms with Crippen LogP contribution in [0.1, 0.15) is 12.6 Å². The van der Waals surface area contributed by atoms with Crippen LogP contribution in [-0.2, 0) is 0 Å². The highest BCUT2D eigenvalue weighted by atomic mass is 15.3. The first-order chi connectivity index (χ1) is 9.60. The molecule has 0 radical (unpaired) electrons. The Bertz CT molecular complexity index is 507. The molecule has 2 rings (SSSR count). The Labute approximate surface area is 121 Å². The average molecular weight is 273 g/mol. The molecule has 1 aromatic rings. The van der Waals surface area contributed by atoms with Crippen molar-refractivity contribution in [2.45, 2.75) is 13.8 Å². The third-order valence-corrected chi connectivity index (χ3v) is 3.42. The summed E-state index contributed by atoms with van der Waals surface area (Å²) in [6.45, 7) is 8.73. The SMILES string of the molecule is CC#CCN1CCN(c2nc(C)cc(N(C)C)n2)CC1. The van der Waals surface area contributed by atoms with Crippen molar-refractivity contribution in [3.63, 3.8) is 0 Å². The fourth-order valence-electron chi connectivity index (χ4n) is 2.20. The fourth-order valence-corrected chi connectivity index (χ4v) is 2.20. The Morgan fingerprint density at radius 2 is 1.90 bits per heavy atom. The zero-order valence-electron chi connectivity index (χ0n) is 12.8. The van der Waals surface area contributed by atoms with Crippen molar-refractivity contribution in [2.75, 3.05) is 56.6 Å². The van der Waals surface area contributed by atoms with E-state index in [2.05, 4.69) is 31.6 Å². The minimum atomic E-state index is 0.843. The number of hydrogen-bond donors (Lipinski definition) is 0. The van der Waals surface area contributed by atoms with E-state index in [1.54, 1.807) is 0 Å². The molecule has 5 nitrogen and oxygen atoms in total. The van der Waals surface area contributed by atoms with Crippen LogP contribution >= 0.6 is 0 Å². The number of aryl methyl sites for hydroxylation is 1. The molecule has 1 aliphatic rings. The quantitative estimate of drug-likeness (QED) is 0.768. The molecule has 5 heteroatoms. The first-order valence-corrected chi connectivity index (χ1v) is 7.00. The Kier molecular flexibility index (Phi) is 4.80. The smallest absolute Gasteiger partial charge is 0.227 e. The summed E-state index contributed by atoms with van der Waals surface area (Å²) in [6.07, 6.45) is 0. The first-order valence-electron chi connectivity index (χ1n) is 7.00. The number of aromatic nitrogens is 2. The molecule has 0 aliphatic carbocycles. The van der Waals surface area contributed by atoms with Crippen molar-refractivity contribution in [1.29, 1.82) is 0 Å². The summed E-state index contributed by atoms with van der Waals surface area (Å²) < 4.78 is 0. The highest BCUT2D eigenvalue weighted by Gasteiger charge is 2.19. The lowest BCUT2D eigenvalue weighted by Crippen LogP contribution is -2.47. The minimum Gasteiger partial charge on any atom is -0.363 e. The molecule has 0 atom stereocenters. The van der Waals surface area contributed by atoms with Gasteiger partial charge in [0.15, 0.2) is 0 Å². The zero-order valence-corrected chi connectivity index (χ0v) is 12.8. The molecule has 1 aliphatic heterocycles. The van der Waals surface area contributed by atoms with E-state index < -0.39 is 0 Å². The van der Waals surface area contributed by atoms with Gasteiger partial charge in [0, 0.05) is 52.0 Å². The average Bonchev–Trinajstić information content (AvgIpc) is 2.45. The minimum absolute atomic E-state index is 0.843. The van der Waals surface area contributed by atoms with Gasteiger partial charge in [-0.25, -0.2) is 4.98 Å². The largest absolute Gasteiger partial charge is 0.363 e. The number of piperazine rings is 1. The molecule has 0 N–H and O–H groups in total. The molecule has 0 saturated carbocycles. The van der Waals surface area contributed by atoms with Crippen LogP contribution in [0.4, 0.5) is 11.8 Å². The number of anilines is 2. The van der Waals surface area contributed by atoms with Gasteiger partial charge in [-0.1, -0.05) is 5.92 Å². The summed E-state index contributed by atoms with van der Waals surface area (Å²) in [4.78, 5) is 15.9. The van der Waals surface area contributed by atoms with Crippen LogP contribution in [0.2, 0.25) is 0 Å². The van der Waals surface area contributed by atoms with Crippen LogP contribution in [0, 0.1) is 18.8 Å². The molecule has 0 aromatic carbocycles. The molecule has 0 spiro atoms. The zero-order chi connectivity index (χ0) is 14.5. The third-order valence-electron chi connectivity index (χ3n) is 3.42. The first kappa shape index (κ1) is 14.6. The summed E-state index contributed by atoms with van der Waals surface area (Å²) in [5, 5.41) is 0. The Balaban J connectivity index is 2.04. The number of hydrogen-bond acceptors (Lipinski definition) is 5. The standard InChI is InChI=1S/C15H23N5/c1-5-6-7-19-8-10-20(11-9-19)15-16-13(2)12-14(17-15)18(3)4/h12H,7-11H2,1-4H3. The van der Waals surface area contributed by atoms with Gasteiger partial charge >= 0.3 is 0 Å². The topological polar surface area (TPSA) is 35.5 Å². The number of nitrogens with zero attached hydrogens (tertiary/aromatic N) is 5. The second-order valence-corrected chi connectivity index (χ2v) is 5.25. The lowest BCUT2D eigenvalue weighted by atomic mass is 10.3. The monoisotopic (exact) mass is 273 g/mol. The summed E-state index contributed by atoms with van der Waals surface area (Å²) in [5.74, 6) is 7.88. The van der Waals surface area contributed by atoms with E-state index in [0.29, 0.717) is 0 Å². The van der Waals surface area contributed by atoms with Crippen molar-refractivity contribution in [1.82, 2.24) is 14.9 Å². The molecule has 1 aromatic heterocycles. The van der Waals surface area contributed by atoms with Gasteiger partial charge < -0.3 is 9.80 Å². The predicted octanol–water partition coefficient (Wildman–Crippen LogP) is 0.996. The summed E-state index contributed by atoms with van der Waals surface area (Å²) in [6, 6.07) is 2.01. The van der Waals surface area contributed by atoms with Crippen LogP contribution in [0.15, 0.2) is 6.07 Å². The second kappa shape index (κ2) is 6.58. The normalized spacial score (nSPS) is 15.7. The second-order valence-electron chi connectivity index (χ2n) is 5.25. The van der Waals surface area contributed by atoms with E-state index in [-0.39, 0.29) is 0 Å². The van der Waals surface area contributed by atoms with Gasteiger partial charge in [0.05, 0.1) is 6.54 Å². The molecule has 1 fully saturated rings. The fraction of sp³-hybridized carbons (Fsp3) is 0.600. The van der Waals surface area contributed by atoms with E-state index in [0.717, 1.165) is 50.2 Å². The summed E-state index contributed by atoms with van der Waals surface area (Å²) in [5.41, 5.74) is 1.01. The maximum absolute atomic E-state index is 4.64. The molecule has 0 bridgehead atoms. The van der Waals surface area contributed by atoms with Gasteiger partial charge in [-0.3, -0.25) is 4.90 Å². The van der Waals surface area contributed by atoms with Crippen LogP contribution in [-0.4, -0.2) is 61.7 Å². The molecule has 2 heterocycles. The van der Waals surface area contributed by atoms with E-state index in [1.165, 1.54) is 0 Å². The highest BCUT2D eigenvalue weighted by molar-refractivity contribution is 5.45. The van der Waals surface area contributed by atoms with Crippen LogP contribution in [0.25, 0.3) is 0 Å². The Morgan fingerprint density at radius 1 is 1.20 bits per heavy atom. The van der Waals surface area contributed by atoms with Gasteiger partial charge in [-0.15, -0.1) is 5.92 Å².